The fraction of sp³-hybridized carbons (Fsp3) is 0.667. The standard InChI is InChI=1S/C15H24O/c1-4-6-7-8-10-15(9-5-2)13-14(3)11-12-16/h12-14H,4,6-8,10-11H2,1-3H3/b15-13+. The lowest BCUT2D eigenvalue weighted by Crippen LogP contribution is -1.93. The molecule has 0 heterocycles. The Morgan fingerprint density at radius 2 is 2.06 bits per heavy atom. The van der Waals surface area contributed by atoms with Gasteiger partial charge < -0.3 is 4.79 Å². The van der Waals surface area contributed by atoms with Gasteiger partial charge in [-0.2, -0.15) is 0 Å². The Hall–Kier alpha value is -1.03. The van der Waals surface area contributed by atoms with Crippen LogP contribution in [-0.2, 0) is 4.79 Å². The highest BCUT2D eigenvalue weighted by molar-refractivity contribution is 5.50. The Labute approximate surface area is 100 Å². The molecule has 0 amide bonds. The summed E-state index contributed by atoms with van der Waals surface area (Å²) in [5.74, 6) is 6.41. The Bertz CT molecular complexity index is 265. The molecule has 0 aromatic carbocycles. The molecule has 0 aliphatic carbocycles. The first-order valence-electron chi connectivity index (χ1n) is 6.31. The maximum absolute atomic E-state index is 10.4. The number of allylic oxidation sites excluding steroid dienone is 2. The smallest absolute Gasteiger partial charge is 0.120 e. The fourth-order valence-corrected chi connectivity index (χ4v) is 1.65. The molecule has 0 aromatic rings. The topological polar surface area (TPSA) is 17.1 Å². The highest BCUT2D eigenvalue weighted by Crippen LogP contribution is 2.13. The van der Waals surface area contributed by atoms with Gasteiger partial charge in [-0.15, -0.1) is 5.92 Å². The minimum atomic E-state index is 0.319. The maximum Gasteiger partial charge on any atom is 0.120 e. The van der Waals surface area contributed by atoms with Gasteiger partial charge in [0.1, 0.15) is 6.29 Å². The van der Waals surface area contributed by atoms with E-state index in [1.165, 1.54) is 31.3 Å². The summed E-state index contributed by atoms with van der Waals surface area (Å²) in [6, 6.07) is 0. The molecule has 0 N–H and O–H groups in total. The SMILES string of the molecule is CC#C/C(=C\C(C)CC=O)CCCCCC. The quantitative estimate of drug-likeness (QED) is 0.341. The van der Waals surface area contributed by atoms with Gasteiger partial charge in [0, 0.05) is 6.42 Å². The van der Waals surface area contributed by atoms with E-state index in [2.05, 4.69) is 31.8 Å². The van der Waals surface area contributed by atoms with Gasteiger partial charge in [0.15, 0.2) is 0 Å². The first-order chi connectivity index (χ1) is 7.74. The molecule has 90 valence electrons. The summed E-state index contributed by atoms with van der Waals surface area (Å²) in [5.41, 5.74) is 1.20. The number of carbonyl (C=O) groups excluding carboxylic acids is 1. The minimum absolute atomic E-state index is 0.319. The number of unbranched alkanes of at least 4 members (excludes halogenated alkanes) is 3. The molecule has 0 aromatic heterocycles. The Morgan fingerprint density at radius 1 is 1.31 bits per heavy atom. The normalized spacial score (nSPS) is 12.8. The van der Waals surface area contributed by atoms with Crippen LogP contribution in [0.4, 0.5) is 0 Å². The van der Waals surface area contributed by atoms with E-state index in [9.17, 15) is 4.79 Å². The molecule has 1 unspecified atom stereocenters. The molecule has 1 nitrogen and oxygen atoms in total. The van der Waals surface area contributed by atoms with Crippen molar-refractivity contribution < 1.29 is 4.79 Å². The second-order valence-electron chi connectivity index (χ2n) is 4.26. The number of carbonyl (C=O) groups is 1. The summed E-state index contributed by atoms with van der Waals surface area (Å²) in [4.78, 5) is 10.4. The average Bonchev–Trinajstić information content (AvgIpc) is 2.25. The number of hydrogen-bond acceptors (Lipinski definition) is 1. The van der Waals surface area contributed by atoms with Crippen molar-refractivity contribution in [3.8, 4) is 11.8 Å². The summed E-state index contributed by atoms with van der Waals surface area (Å²) in [6.45, 7) is 6.15. The van der Waals surface area contributed by atoms with Crippen LogP contribution in [0.15, 0.2) is 11.6 Å². The third-order valence-electron chi connectivity index (χ3n) is 2.54. The van der Waals surface area contributed by atoms with Gasteiger partial charge in [-0.25, -0.2) is 0 Å². The first kappa shape index (κ1) is 15.0. The van der Waals surface area contributed by atoms with Crippen LogP contribution in [0.25, 0.3) is 0 Å². The maximum atomic E-state index is 10.4. The third kappa shape index (κ3) is 8.29. The van der Waals surface area contributed by atoms with Crippen LogP contribution < -0.4 is 0 Å². The summed E-state index contributed by atoms with van der Waals surface area (Å²) in [6.07, 6.45) is 9.85. The van der Waals surface area contributed by atoms with Crippen molar-refractivity contribution in [2.75, 3.05) is 0 Å². The Kier molecular flexibility index (Phi) is 9.81. The molecule has 0 radical (unpaired) electrons. The van der Waals surface area contributed by atoms with Gasteiger partial charge in [0.2, 0.25) is 0 Å². The van der Waals surface area contributed by atoms with Gasteiger partial charge in [-0.1, -0.05) is 45.1 Å². The lowest BCUT2D eigenvalue weighted by molar-refractivity contribution is -0.108. The van der Waals surface area contributed by atoms with E-state index >= 15 is 0 Å². The molecular weight excluding hydrogens is 196 g/mol. The number of rotatable bonds is 8. The molecule has 0 bridgehead atoms. The van der Waals surface area contributed by atoms with E-state index in [-0.39, 0.29) is 0 Å². The molecule has 16 heavy (non-hydrogen) atoms. The van der Waals surface area contributed by atoms with Crippen molar-refractivity contribution in [1.82, 2.24) is 0 Å². The highest BCUT2D eigenvalue weighted by atomic mass is 16.1. The van der Waals surface area contributed by atoms with Crippen molar-refractivity contribution in [3.63, 3.8) is 0 Å². The van der Waals surface area contributed by atoms with E-state index in [0.717, 1.165) is 12.7 Å². The molecule has 0 fully saturated rings. The third-order valence-corrected chi connectivity index (χ3v) is 2.54. The monoisotopic (exact) mass is 220 g/mol. The molecule has 0 rings (SSSR count). The van der Waals surface area contributed by atoms with Crippen LogP contribution in [0.2, 0.25) is 0 Å². The average molecular weight is 220 g/mol. The molecule has 0 saturated heterocycles. The molecule has 0 aliphatic heterocycles. The van der Waals surface area contributed by atoms with Crippen LogP contribution >= 0.6 is 0 Å². The minimum Gasteiger partial charge on any atom is -0.303 e. The van der Waals surface area contributed by atoms with Crippen molar-refractivity contribution in [3.05, 3.63) is 11.6 Å². The largest absolute Gasteiger partial charge is 0.303 e. The second kappa shape index (κ2) is 10.5. The first-order valence-corrected chi connectivity index (χ1v) is 6.31. The molecule has 1 heteroatoms. The number of hydrogen-bond donors (Lipinski definition) is 0. The van der Waals surface area contributed by atoms with Gasteiger partial charge in [-0.05, 0) is 31.3 Å². The van der Waals surface area contributed by atoms with Crippen molar-refractivity contribution in [2.45, 2.75) is 59.3 Å². The van der Waals surface area contributed by atoms with Crippen LogP contribution in [0, 0.1) is 17.8 Å². The van der Waals surface area contributed by atoms with Crippen molar-refractivity contribution in [2.24, 2.45) is 5.92 Å². The summed E-state index contributed by atoms with van der Waals surface area (Å²) in [7, 11) is 0. The van der Waals surface area contributed by atoms with Gasteiger partial charge in [-0.3, -0.25) is 0 Å². The predicted molar refractivity (Wildman–Crippen MR) is 70.1 cm³/mol. The van der Waals surface area contributed by atoms with Crippen LogP contribution in [-0.4, -0.2) is 6.29 Å². The van der Waals surface area contributed by atoms with E-state index < -0.39 is 0 Å². The van der Waals surface area contributed by atoms with Crippen molar-refractivity contribution >= 4 is 6.29 Å². The summed E-state index contributed by atoms with van der Waals surface area (Å²) >= 11 is 0. The van der Waals surface area contributed by atoms with E-state index in [1.807, 2.05) is 6.92 Å². The van der Waals surface area contributed by atoms with Gasteiger partial charge >= 0.3 is 0 Å². The van der Waals surface area contributed by atoms with Crippen LogP contribution in [0.1, 0.15) is 59.3 Å². The highest BCUT2D eigenvalue weighted by Gasteiger charge is 2.00. The van der Waals surface area contributed by atoms with Gasteiger partial charge in [0.05, 0.1) is 0 Å². The van der Waals surface area contributed by atoms with Crippen LogP contribution in [0.5, 0.6) is 0 Å². The van der Waals surface area contributed by atoms with Crippen LogP contribution in [0.3, 0.4) is 0 Å². The zero-order valence-electron chi connectivity index (χ0n) is 10.9. The molecular formula is C15H24O. The van der Waals surface area contributed by atoms with E-state index in [1.54, 1.807) is 0 Å². The van der Waals surface area contributed by atoms with E-state index in [0.29, 0.717) is 12.3 Å². The molecule has 1 atom stereocenters. The molecule has 0 aliphatic rings. The predicted octanol–water partition coefficient (Wildman–Crippen LogP) is 4.13. The van der Waals surface area contributed by atoms with Gasteiger partial charge in [0.25, 0.3) is 0 Å². The lowest BCUT2D eigenvalue weighted by atomic mass is 10.0. The van der Waals surface area contributed by atoms with Crippen molar-refractivity contribution in [1.29, 1.82) is 0 Å². The zero-order chi connectivity index (χ0) is 12.2. The number of aldehydes is 1. The zero-order valence-corrected chi connectivity index (χ0v) is 10.9. The lowest BCUT2D eigenvalue weighted by Gasteiger charge is -2.04. The summed E-state index contributed by atoms with van der Waals surface area (Å²) < 4.78 is 0. The summed E-state index contributed by atoms with van der Waals surface area (Å²) in [5, 5.41) is 0. The molecule has 0 saturated carbocycles. The second-order valence-corrected chi connectivity index (χ2v) is 4.26. The Morgan fingerprint density at radius 3 is 2.62 bits per heavy atom. The van der Waals surface area contributed by atoms with E-state index in [4.69, 9.17) is 0 Å². The fourth-order valence-electron chi connectivity index (χ4n) is 1.65. The molecule has 0 spiro atoms. The Balaban J connectivity index is 4.13.